The van der Waals surface area contributed by atoms with Gasteiger partial charge in [-0.25, -0.2) is 0 Å². The Morgan fingerprint density at radius 3 is 2.29 bits per heavy atom. The smallest absolute Gasteiger partial charge is 0.191 e. The summed E-state index contributed by atoms with van der Waals surface area (Å²) in [5, 5.41) is 16.3. The zero-order valence-electron chi connectivity index (χ0n) is 15.5. The Balaban J connectivity index is 1.81. The number of benzene rings is 1. The molecule has 1 saturated heterocycles. The molecule has 0 saturated carbocycles. The first-order chi connectivity index (χ1) is 11.4. The van der Waals surface area contributed by atoms with Crippen molar-refractivity contribution in [3.05, 3.63) is 35.4 Å². The van der Waals surface area contributed by atoms with Gasteiger partial charge in [-0.3, -0.25) is 9.89 Å². The molecule has 0 amide bonds. The van der Waals surface area contributed by atoms with E-state index < -0.39 is 0 Å². The molecule has 1 aliphatic rings. The van der Waals surface area contributed by atoms with Crippen molar-refractivity contribution in [3.63, 3.8) is 0 Å². The molecule has 0 radical (unpaired) electrons. The molecule has 5 nitrogen and oxygen atoms in total. The van der Waals surface area contributed by atoms with E-state index in [1.807, 2.05) is 0 Å². The van der Waals surface area contributed by atoms with Crippen LogP contribution in [0.3, 0.4) is 0 Å². The molecule has 1 heterocycles. The van der Waals surface area contributed by atoms with Crippen LogP contribution in [-0.4, -0.2) is 47.7 Å². The van der Waals surface area contributed by atoms with Crippen LogP contribution in [0.25, 0.3) is 0 Å². The standard InChI is InChI=1S/C19H32N4O/c1-19(2,3)22-18(20-4)21-13-15-5-7-16(8-6-15)14-23-11-9-17(24)10-12-23/h5-8,17,24H,9-14H2,1-4H3,(H2,20,21,22). The molecule has 5 heteroatoms. The highest BCUT2D eigenvalue weighted by Crippen LogP contribution is 2.14. The fourth-order valence-electron chi connectivity index (χ4n) is 2.82. The summed E-state index contributed by atoms with van der Waals surface area (Å²) in [5.41, 5.74) is 2.56. The van der Waals surface area contributed by atoms with E-state index in [1.165, 1.54) is 11.1 Å². The molecule has 0 unspecified atom stereocenters. The summed E-state index contributed by atoms with van der Waals surface area (Å²) in [6.07, 6.45) is 1.68. The molecular formula is C19H32N4O. The van der Waals surface area contributed by atoms with Crippen LogP contribution >= 0.6 is 0 Å². The number of aliphatic imine (C=N–C) groups is 1. The van der Waals surface area contributed by atoms with E-state index in [-0.39, 0.29) is 11.6 Å². The van der Waals surface area contributed by atoms with E-state index in [1.54, 1.807) is 7.05 Å². The van der Waals surface area contributed by atoms with Crippen molar-refractivity contribution in [1.29, 1.82) is 0 Å². The molecule has 0 aliphatic carbocycles. The van der Waals surface area contributed by atoms with E-state index in [9.17, 15) is 5.11 Å². The number of hydrogen-bond donors (Lipinski definition) is 3. The predicted octanol–water partition coefficient (Wildman–Crippen LogP) is 2.11. The van der Waals surface area contributed by atoms with Gasteiger partial charge in [0.2, 0.25) is 0 Å². The van der Waals surface area contributed by atoms with Crippen molar-refractivity contribution in [2.45, 2.75) is 58.3 Å². The lowest BCUT2D eigenvalue weighted by atomic mass is 10.1. The van der Waals surface area contributed by atoms with Crippen LogP contribution in [0.2, 0.25) is 0 Å². The number of nitrogens with one attached hydrogen (secondary N) is 2. The first-order valence-electron chi connectivity index (χ1n) is 8.83. The number of guanidine groups is 1. The Labute approximate surface area is 146 Å². The highest BCUT2D eigenvalue weighted by atomic mass is 16.3. The van der Waals surface area contributed by atoms with Crippen molar-refractivity contribution >= 4 is 5.96 Å². The van der Waals surface area contributed by atoms with Crippen molar-refractivity contribution in [1.82, 2.24) is 15.5 Å². The number of piperidine rings is 1. The number of aliphatic hydroxyl groups is 1. The van der Waals surface area contributed by atoms with Crippen LogP contribution in [-0.2, 0) is 13.1 Å². The SMILES string of the molecule is CN=C(NCc1ccc(CN2CCC(O)CC2)cc1)NC(C)(C)C. The number of nitrogens with zero attached hydrogens (tertiary/aromatic N) is 2. The van der Waals surface area contributed by atoms with Gasteiger partial charge in [-0.05, 0) is 44.7 Å². The second kappa shape index (κ2) is 8.49. The Morgan fingerprint density at radius 1 is 1.17 bits per heavy atom. The second-order valence-electron chi connectivity index (χ2n) is 7.62. The molecule has 0 atom stereocenters. The minimum atomic E-state index is -0.106. The molecule has 1 aromatic carbocycles. The summed E-state index contributed by atoms with van der Waals surface area (Å²) in [7, 11) is 1.79. The monoisotopic (exact) mass is 332 g/mol. The third kappa shape index (κ3) is 6.49. The van der Waals surface area contributed by atoms with Crippen LogP contribution in [0.5, 0.6) is 0 Å². The highest BCUT2D eigenvalue weighted by molar-refractivity contribution is 5.80. The van der Waals surface area contributed by atoms with Crippen LogP contribution in [0.15, 0.2) is 29.3 Å². The van der Waals surface area contributed by atoms with Crippen LogP contribution in [0.4, 0.5) is 0 Å². The normalized spacial score (nSPS) is 17.8. The number of rotatable bonds is 4. The van der Waals surface area contributed by atoms with Crippen LogP contribution < -0.4 is 10.6 Å². The molecule has 0 aromatic heterocycles. The third-order valence-corrected chi connectivity index (χ3v) is 4.16. The van der Waals surface area contributed by atoms with Gasteiger partial charge in [0, 0.05) is 38.8 Å². The molecule has 0 spiro atoms. The number of aliphatic hydroxyl groups excluding tert-OH is 1. The van der Waals surface area contributed by atoms with Crippen molar-refractivity contribution < 1.29 is 5.11 Å². The Hall–Kier alpha value is -1.59. The van der Waals surface area contributed by atoms with Crippen molar-refractivity contribution in [2.24, 2.45) is 4.99 Å². The van der Waals surface area contributed by atoms with E-state index in [0.29, 0.717) is 0 Å². The minimum Gasteiger partial charge on any atom is -0.393 e. The van der Waals surface area contributed by atoms with Gasteiger partial charge in [0.05, 0.1) is 6.10 Å². The van der Waals surface area contributed by atoms with Gasteiger partial charge in [-0.1, -0.05) is 24.3 Å². The molecule has 3 N–H and O–H groups in total. The summed E-state index contributed by atoms with van der Waals surface area (Å²) >= 11 is 0. The van der Waals surface area contributed by atoms with E-state index in [0.717, 1.165) is 45.0 Å². The maximum Gasteiger partial charge on any atom is 0.191 e. The summed E-state index contributed by atoms with van der Waals surface area (Å²) < 4.78 is 0. The van der Waals surface area contributed by atoms with Gasteiger partial charge in [0.1, 0.15) is 0 Å². The van der Waals surface area contributed by atoms with E-state index in [4.69, 9.17) is 0 Å². The average molecular weight is 332 g/mol. The first-order valence-corrected chi connectivity index (χ1v) is 8.83. The summed E-state index contributed by atoms with van der Waals surface area (Å²) in [6.45, 7) is 10.1. The fraction of sp³-hybridized carbons (Fsp3) is 0.632. The Bertz CT molecular complexity index is 525. The number of likely N-dealkylation sites (tertiary alicyclic amines) is 1. The lowest BCUT2D eigenvalue weighted by molar-refractivity contribution is 0.0792. The molecule has 0 bridgehead atoms. The fourth-order valence-corrected chi connectivity index (χ4v) is 2.82. The van der Waals surface area contributed by atoms with Gasteiger partial charge < -0.3 is 15.7 Å². The topological polar surface area (TPSA) is 59.9 Å². The molecule has 1 aliphatic heterocycles. The molecular weight excluding hydrogens is 300 g/mol. The summed E-state index contributed by atoms with van der Waals surface area (Å²) in [5.74, 6) is 0.818. The lowest BCUT2D eigenvalue weighted by Crippen LogP contribution is -2.47. The van der Waals surface area contributed by atoms with E-state index in [2.05, 4.69) is 65.6 Å². The quantitative estimate of drug-likeness (QED) is 0.584. The molecule has 1 aromatic rings. The Kier molecular flexibility index (Phi) is 6.63. The molecule has 1 fully saturated rings. The molecule has 2 rings (SSSR count). The van der Waals surface area contributed by atoms with Gasteiger partial charge >= 0.3 is 0 Å². The van der Waals surface area contributed by atoms with Gasteiger partial charge in [0.25, 0.3) is 0 Å². The van der Waals surface area contributed by atoms with Gasteiger partial charge in [-0.15, -0.1) is 0 Å². The molecule has 134 valence electrons. The first kappa shape index (κ1) is 18.7. The van der Waals surface area contributed by atoms with Crippen LogP contribution in [0.1, 0.15) is 44.7 Å². The maximum atomic E-state index is 9.58. The van der Waals surface area contributed by atoms with Crippen molar-refractivity contribution in [3.8, 4) is 0 Å². The van der Waals surface area contributed by atoms with Crippen molar-refractivity contribution in [2.75, 3.05) is 20.1 Å². The largest absolute Gasteiger partial charge is 0.393 e. The van der Waals surface area contributed by atoms with E-state index >= 15 is 0 Å². The number of hydrogen-bond acceptors (Lipinski definition) is 3. The minimum absolute atomic E-state index is 0.00623. The second-order valence-corrected chi connectivity index (χ2v) is 7.62. The highest BCUT2D eigenvalue weighted by Gasteiger charge is 2.16. The average Bonchev–Trinajstić information content (AvgIpc) is 2.54. The van der Waals surface area contributed by atoms with Gasteiger partial charge in [-0.2, -0.15) is 0 Å². The van der Waals surface area contributed by atoms with Gasteiger partial charge in [0.15, 0.2) is 5.96 Å². The third-order valence-electron chi connectivity index (χ3n) is 4.16. The predicted molar refractivity (Wildman–Crippen MR) is 100 cm³/mol. The Morgan fingerprint density at radius 2 is 1.75 bits per heavy atom. The summed E-state index contributed by atoms with van der Waals surface area (Å²) in [4.78, 5) is 6.67. The maximum absolute atomic E-state index is 9.58. The van der Waals surface area contributed by atoms with Crippen LogP contribution in [0, 0.1) is 0 Å². The zero-order valence-corrected chi connectivity index (χ0v) is 15.5. The lowest BCUT2D eigenvalue weighted by Gasteiger charge is -2.29. The summed E-state index contributed by atoms with van der Waals surface area (Å²) in [6, 6.07) is 8.74. The zero-order chi connectivity index (χ0) is 17.6. The molecule has 24 heavy (non-hydrogen) atoms.